The smallest absolute Gasteiger partial charge is 0.339 e. The van der Waals surface area contributed by atoms with Crippen LogP contribution in [0.3, 0.4) is 0 Å². The van der Waals surface area contributed by atoms with Gasteiger partial charge >= 0.3 is 5.97 Å². The Morgan fingerprint density at radius 3 is 2.47 bits per heavy atom. The number of aromatic nitrogens is 1. The Morgan fingerprint density at radius 1 is 0.969 bits per heavy atom. The number of hydrogen-bond acceptors (Lipinski definition) is 4. The molecular formula is C24H15BrCl2N2O3. The number of rotatable bonds is 5. The Hall–Kier alpha value is -2.93. The molecule has 0 bridgehead atoms. The lowest BCUT2D eigenvalue weighted by Gasteiger charge is -2.11. The Bertz CT molecular complexity index is 1330. The second kappa shape index (κ2) is 9.69. The first kappa shape index (κ1) is 22.3. The maximum Gasteiger partial charge on any atom is 0.339 e. The third kappa shape index (κ3) is 5.10. The molecule has 0 unspecified atom stereocenters. The molecule has 8 heteroatoms. The van der Waals surface area contributed by atoms with E-state index in [0.717, 1.165) is 10.0 Å². The van der Waals surface area contributed by atoms with Crippen LogP contribution in [0.15, 0.2) is 77.3 Å². The van der Waals surface area contributed by atoms with Crippen LogP contribution in [0.4, 0.5) is 5.69 Å². The van der Waals surface area contributed by atoms with E-state index in [2.05, 4.69) is 26.2 Å². The minimum atomic E-state index is -0.626. The van der Waals surface area contributed by atoms with Gasteiger partial charge in [0.1, 0.15) is 0 Å². The van der Waals surface area contributed by atoms with Crippen LogP contribution in [-0.4, -0.2) is 23.5 Å². The van der Waals surface area contributed by atoms with Crippen LogP contribution in [-0.2, 0) is 9.53 Å². The van der Waals surface area contributed by atoms with Crippen molar-refractivity contribution >= 4 is 67.6 Å². The number of hydrogen-bond donors (Lipinski definition) is 1. The number of nitrogens with one attached hydrogen (secondary N) is 1. The van der Waals surface area contributed by atoms with Crippen LogP contribution >= 0.6 is 39.1 Å². The lowest BCUT2D eigenvalue weighted by Crippen LogP contribution is -2.21. The summed E-state index contributed by atoms with van der Waals surface area (Å²) in [6.07, 6.45) is 0. The summed E-state index contributed by atoms with van der Waals surface area (Å²) in [4.78, 5) is 29.8. The van der Waals surface area contributed by atoms with E-state index in [1.807, 2.05) is 42.5 Å². The van der Waals surface area contributed by atoms with Gasteiger partial charge in [-0.15, -0.1) is 0 Å². The van der Waals surface area contributed by atoms with Crippen LogP contribution in [0, 0.1) is 0 Å². The summed E-state index contributed by atoms with van der Waals surface area (Å²) >= 11 is 15.3. The van der Waals surface area contributed by atoms with Crippen molar-refractivity contribution in [3.05, 3.63) is 92.9 Å². The molecule has 0 radical (unpaired) electrons. The predicted molar refractivity (Wildman–Crippen MR) is 130 cm³/mol. The summed E-state index contributed by atoms with van der Waals surface area (Å²) in [5.74, 6) is -1.15. The number of benzene rings is 3. The molecule has 160 valence electrons. The van der Waals surface area contributed by atoms with E-state index in [1.54, 1.807) is 24.3 Å². The minimum absolute atomic E-state index is 0.288. The molecule has 0 aliphatic heterocycles. The Morgan fingerprint density at radius 2 is 1.72 bits per heavy atom. The molecule has 1 aromatic heterocycles. The number of carbonyl (C=O) groups excluding carboxylic acids is 2. The fourth-order valence-electron chi connectivity index (χ4n) is 3.10. The predicted octanol–water partition coefficient (Wildman–Crippen LogP) is 6.77. The molecule has 0 spiro atoms. The van der Waals surface area contributed by atoms with Crippen LogP contribution < -0.4 is 5.32 Å². The lowest BCUT2D eigenvalue weighted by molar-refractivity contribution is -0.119. The Balaban J connectivity index is 1.56. The number of carbonyl (C=O) groups is 2. The zero-order chi connectivity index (χ0) is 22.7. The van der Waals surface area contributed by atoms with E-state index in [1.165, 1.54) is 6.07 Å². The fourth-order valence-corrected chi connectivity index (χ4v) is 3.82. The summed E-state index contributed by atoms with van der Waals surface area (Å²) in [5, 5.41) is 3.98. The number of para-hydroxylation sites is 1. The first-order valence-corrected chi connectivity index (χ1v) is 11.0. The molecule has 0 fully saturated rings. The number of fused-ring (bicyclic) bond motifs is 1. The number of amides is 1. The summed E-state index contributed by atoms with van der Waals surface area (Å²) in [5.41, 5.74) is 2.83. The van der Waals surface area contributed by atoms with Crippen molar-refractivity contribution in [2.75, 3.05) is 11.9 Å². The van der Waals surface area contributed by atoms with E-state index in [-0.39, 0.29) is 5.02 Å². The van der Waals surface area contributed by atoms with E-state index in [0.29, 0.717) is 32.9 Å². The molecule has 0 aliphatic rings. The number of halogens is 3. The van der Waals surface area contributed by atoms with Crippen LogP contribution in [0.1, 0.15) is 10.4 Å². The van der Waals surface area contributed by atoms with Gasteiger partial charge in [-0.3, -0.25) is 4.79 Å². The zero-order valence-corrected chi connectivity index (χ0v) is 19.5. The highest BCUT2D eigenvalue weighted by molar-refractivity contribution is 9.10. The van der Waals surface area contributed by atoms with Gasteiger partial charge in [0.25, 0.3) is 5.91 Å². The minimum Gasteiger partial charge on any atom is -0.452 e. The molecule has 32 heavy (non-hydrogen) atoms. The molecule has 4 rings (SSSR count). The van der Waals surface area contributed by atoms with Crippen LogP contribution in [0.2, 0.25) is 10.0 Å². The topological polar surface area (TPSA) is 68.3 Å². The van der Waals surface area contributed by atoms with Crippen molar-refractivity contribution in [3.8, 4) is 11.3 Å². The van der Waals surface area contributed by atoms with E-state index in [4.69, 9.17) is 27.9 Å². The second-order valence-electron chi connectivity index (χ2n) is 6.83. The van der Waals surface area contributed by atoms with Gasteiger partial charge in [-0.2, -0.15) is 0 Å². The van der Waals surface area contributed by atoms with Gasteiger partial charge in [0, 0.05) is 20.4 Å². The van der Waals surface area contributed by atoms with E-state index < -0.39 is 18.5 Å². The number of pyridine rings is 1. The van der Waals surface area contributed by atoms with E-state index in [9.17, 15) is 9.59 Å². The number of esters is 1. The molecule has 5 nitrogen and oxygen atoms in total. The van der Waals surface area contributed by atoms with Gasteiger partial charge in [-0.05, 0) is 42.5 Å². The van der Waals surface area contributed by atoms with Crippen molar-refractivity contribution in [1.29, 1.82) is 0 Å². The van der Waals surface area contributed by atoms with Crippen molar-refractivity contribution in [2.45, 2.75) is 0 Å². The van der Waals surface area contributed by atoms with Gasteiger partial charge in [0.15, 0.2) is 6.61 Å². The summed E-state index contributed by atoms with van der Waals surface area (Å²) in [7, 11) is 0. The maximum atomic E-state index is 12.9. The maximum absolute atomic E-state index is 12.9. The highest BCUT2D eigenvalue weighted by atomic mass is 79.9. The van der Waals surface area contributed by atoms with Gasteiger partial charge in [-0.1, -0.05) is 69.5 Å². The molecule has 0 aliphatic carbocycles. The average Bonchev–Trinajstić information content (AvgIpc) is 2.79. The van der Waals surface area contributed by atoms with Crippen molar-refractivity contribution in [1.82, 2.24) is 4.98 Å². The highest BCUT2D eigenvalue weighted by Crippen LogP contribution is 2.27. The zero-order valence-electron chi connectivity index (χ0n) is 16.4. The summed E-state index contributed by atoms with van der Waals surface area (Å²) in [6.45, 7) is -0.470. The number of ether oxygens (including phenoxy) is 1. The lowest BCUT2D eigenvalue weighted by atomic mass is 10.0. The fraction of sp³-hybridized carbons (Fsp3) is 0.0417. The van der Waals surface area contributed by atoms with Crippen molar-refractivity contribution in [2.24, 2.45) is 0 Å². The molecule has 1 N–H and O–H groups in total. The molecule has 0 saturated carbocycles. The van der Waals surface area contributed by atoms with Crippen LogP contribution in [0.25, 0.3) is 22.2 Å². The quantitative estimate of drug-likeness (QED) is 0.290. The summed E-state index contributed by atoms with van der Waals surface area (Å²) < 4.78 is 6.23. The van der Waals surface area contributed by atoms with Crippen molar-refractivity contribution < 1.29 is 14.3 Å². The molecule has 1 amide bonds. The Kier molecular flexibility index (Phi) is 6.74. The normalized spacial score (nSPS) is 10.7. The Labute approximate surface area is 202 Å². The first-order chi connectivity index (χ1) is 15.4. The van der Waals surface area contributed by atoms with Crippen molar-refractivity contribution in [3.63, 3.8) is 0 Å². The van der Waals surface area contributed by atoms with Gasteiger partial charge in [0.2, 0.25) is 0 Å². The number of nitrogens with zero attached hydrogens (tertiary/aromatic N) is 1. The first-order valence-electron chi connectivity index (χ1n) is 9.48. The third-order valence-electron chi connectivity index (χ3n) is 4.62. The highest BCUT2D eigenvalue weighted by Gasteiger charge is 2.17. The molecule has 3 aromatic carbocycles. The van der Waals surface area contributed by atoms with Gasteiger partial charge < -0.3 is 10.1 Å². The van der Waals surface area contributed by atoms with E-state index >= 15 is 0 Å². The van der Waals surface area contributed by atoms with Gasteiger partial charge in [0.05, 0.1) is 27.5 Å². The number of anilines is 1. The van der Waals surface area contributed by atoms with Crippen LogP contribution in [0.5, 0.6) is 0 Å². The molecule has 1 heterocycles. The second-order valence-corrected chi connectivity index (χ2v) is 8.59. The third-order valence-corrected chi connectivity index (χ3v) is 5.69. The molecular weight excluding hydrogens is 515 g/mol. The van der Waals surface area contributed by atoms with Gasteiger partial charge in [-0.25, -0.2) is 9.78 Å². The molecule has 0 atom stereocenters. The monoisotopic (exact) mass is 528 g/mol. The SMILES string of the molecule is O=C(COC(=O)c1cc(-c2ccc(Br)cc2)nc2ccccc12)Nc1ccc(Cl)cc1Cl. The standard InChI is InChI=1S/C24H15BrCl2N2O3/c25-15-7-5-14(6-8-15)22-12-18(17-3-1-2-4-20(17)28-22)24(31)32-13-23(30)29-21-10-9-16(26)11-19(21)27/h1-12H,13H2,(H,29,30). The largest absolute Gasteiger partial charge is 0.452 e. The molecule has 0 saturated heterocycles. The summed E-state index contributed by atoms with van der Waals surface area (Å²) in [6, 6.07) is 21.2. The average molecular weight is 530 g/mol. The molecule has 4 aromatic rings.